The molecule has 1 atom stereocenters. The summed E-state index contributed by atoms with van der Waals surface area (Å²) in [5.41, 5.74) is 0.687. The van der Waals surface area contributed by atoms with Gasteiger partial charge in [0.2, 0.25) is 5.91 Å². The number of carbonyl (C=O) groups excluding carboxylic acids is 1. The minimum atomic E-state index is -3.82. The van der Waals surface area contributed by atoms with Crippen molar-refractivity contribution in [2.75, 3.05) is 11.9 Å². The number of aromatic nitrogens is 1. The number of thiophene rings is 1. The Labute approximate surface area is 152 Å². The zero-order valence-electron chi connectivity index (χ0n) is 13.1. The predicted octanol–water partition coefficient (Wildman–Crippen LogP) is 2.33. The molecule has 0 saturated carbocycles. The zero-order valence-corrected chi connectivity index (χ0v) is 15.5. The van der Waals surface area contributed by atoms with Gasteiger partial charge in [0.1, 0.15) is 0 Å². The molecule has 2 aromatic heterocycles. The maximum atomic E-state index is 12.3. The van der Waals surface area contributed by atoms with Gasteiger partial charge in [-0.2, -0.15) is 0 Å². The van der Waals surface area contributed by atoms with Crippen LogP contribution < -0.4 is 10.0 Å². The largest absolute Gasteiger partial charge is 0.387 e. The van der Waals surface area contributed by atoms with Crippen LogP contribution in [0.4, 0.5) is 5.13 Å². The van der Waals surface area contributed by atoms with Gasteiger partial charge in [-0.15, -0.1) is 11.3 Å². The normalized spacial score (nSPS) is 13.0. The Bertz CT molecular complexity index is 1010. The standard InChI is InChI=1S/C15H15N3O4S3/c1-9(19)18-15-16-7-14(24-15)25(21,22)17-6-12(20)11-8-23-13-5-3-2-4-10(11)13/h2-5,7-8,12,17,20H,6H2,1H3,(H,16,18,19)/t12-/m0/s1. The van der Waals surface area contributed by atoms with Crippen molar-refractivity contribution in [3.05, 3.63) is 41.4 Å². The monoisotopic (exact) mass is 397 g/mol. The summed E-state index contributed by atoms with van der Waals surface area (Å²) in [6.45, 7) is 1.16. The van der Waals surface area contributed by atoms with Crippen LogP contribution in [-0.2, 0) is 14.8 Å². The van der Waals surface area contributed by atoms with E-state index in [2.05, 4.69) is 15.0 Å². The molecular weight excluding hydrogens is 382 g/mol. The number of rotatable bonds is 6. The van der Waals surface area contributed by atoms with Gasteiger partial charge in [0.05, 0.1) is 12.3 Å². The van der Waals surface area contributed by atoms with Crippen LogP contribution in [0.15, 0.2) is 40.1 Å². The Kier molecular flexibility index (Phi) is 5.16. The van der Waals surface area contributed by atoms with Gasteiger partial charge in [0.25, 0.3) is 10.0 Å². The summed E-state index contributed by atoms with van der Waals surface area (Å²) in [4.78, 5) is 14.8. The summed E-state index contributed by atoms with van der Waals surface area (Å²) in [6, 6.07) is 7.62. The molecule has 3 rings (SSSR count). The van der Waals surface area contributed by atoms with E-state index in [1.807, 2.05) is 29.6 Å². The highest BCUT2D eigenvalue weighted by atomic mass is 32.2. The third-order valence-electron chi connectivity index (χ3n) is 3.37. The molecule has 0 saturated heterocycles. The number of amides is 1. The molecule has 0 aliphatic carbocycles. The van der Waals surface area contributed by atoms with Crippen molar-refractivity contribution in [2.24, 2.45) is 0 Å². The molecule has 0 fully saturated rings. The van der Waals surface area contributed by atoms with E-state index in [4.69, 9.17) is 0 Å². The minimum Gasteiger partial charge on any atom is -0.387 e. The van der Waals surface area contributed by atoms with E-state index in [0.717, 1.165) is 21.4 Å². The van der Waals surface area contributed by atoms with Crippen molar-refractivity contribution in [3.8, 4) is 0 Å². The molecule has 0 bridgehead atoms. The smallest absolute Gasteiger partial charge is 0.251 e. The van der Waals surface area contributed by atoms with Crippen molar-refractivity contribution >= 4 is 53.8 Å². The SMILES string of the molecule is CC(=O)Nc1ncc(S(=O)(=O)NC[C@H](O)c2csc3ccccc23)s1. The minimum absolute atomic E-state index is 0.0290. The molecule has 0 radical (unpaired) electrons. The molecule has 25 heavy (non-hydrogen) atoms. The van der Waals surface area contributed by atoms with E-state index in [1.165, 1.54) is 24.5 Å². The number of fused-ring (bicyclic) bond motifs is 1. The average molecular weight is 398 g/mol. The summed E-state index contributed by atoms with van der Waals surface area (Å²) in [5, 5.41) is 15.7. The van der Waals surface area contributed by atoms with Gasteiger partial charge in [-0.3, -0.25) is 4.79 Å². The van der Waals surface area contributed by atoms with Crippen molar-refractivity contribution in [1.82, 2.24) is 9.71 Å². The van der Waals surface area contributed by atoms with Crippen molar-refractivity contribution in [1.29, 1.82) is 0 Å². The van der Waals surface area contributed by atoms with Gasteiger partial charge in [0, 0.05) is 23.7 Å². The zero-order chi connectivity index (χ0) is 18.0. The molecule has 7 nitrogen and oxygen atoms in total. The Morgan fingerprint density at radius 3 is 2.88 bits per heavy atom. The van der Waals surface area contributed by atoms with E-state index in [9.17, 15) is 18.3 Å². The molecule has 0 aliphatic heterocycles. The summed E-state index contributed by atoms with van der Waals surface area (Å²) >= 11 is 2.34. The highest BCUT2D eigenvalue weighted by Crippen LogP contribution is 2.30. The highest BCUT2D eigenvalue weighted by Gasteiger charge is 2.21. The fourth-order valence-electron chi connectivity index (χ4n) is 2.22. The molecule has 3 N–H and O–H groups in total. The second kappa shape index (κ2) is 7.18. The lowest BCUT2D eigenvalue weighted by molar-refractivity contribution is -0.114. The quantitative estimate of drug-likeness (QED) is 0.592. The Hall–Kier alpha value is -1.85. The second-order valence-corrected chi connectivity index (χ2v) is 9.16. The molecule has 2 heterocycles. The summed E-state index contributed by atoms with van der Waals surface area (Å²) < 4.78 is 28.0. The number of hydrogen-bond donors (Lipinski definition) is 3. The molecule has 0 spiro atoms. The number of nitrogens with zero attached hydrogens (tertiary/aromatic N) is 1. The molecule has 1 amide bonds. The van der Waals surface area contributed by atoms with Crippen molar-refractivity contribution in [2.45, 2.75) is 17.2 Å². The Balaban J connectivity index is 1.71. The van der Waals surface area contributed by atoms with Crippen LogP contribution in [0.5, 0.6) is 0 Å². The number of aliphatic hydroxyl groups is 1. The average Bonchev–Trinajstić information content (AvgIpc) is 3.19. The van der Waals surface area contributed by atoms with Crippen molar-refractivity contribution in [3.63, 3.8) is 0 Å². The van der Waals surface area contributed by atoms with Crippen LogP contribution in [0, 0.1) is 0 Å². The van der Waals surface area contributed by atoms with Gasteiger partial charge < -0.3 is 10.4 Å². The molecular formula is C15H15N3O4S3. The lowest BCUT2D eigenvalue weighted by Crippen LogP contribution is -2.27. The number of carbonyl (C=O) groups is 1. The van der Waals surface area contributed by atoms with Crippen LogP contribution in [0.1, 0.15) is 18.6 Å². The number of nitrogens with one attached hydrogen (secondary N) is 2. The number of sulfonamides is 1. The van der Waals surface area contributed by atoms with Gasteiger partial charge in [-0.25, -0.2) is 18.1 Å². The topological polar surface area (TPSA) is 108 Å². The number of anilines is 1. The van der Waals surface area contributed by atoms with E-state index < -0.39 is 16.1 Å². The summed E-state index contributed by atoms with van der Waals surface area (Å²) in [7, 11) is -3.82. The van der Waals surface area contributed by atoms with E-state index in [1.54, 1.807) is 0 Å². The molecule has 0 unspecified atom stereocenters. The number of benzene rings is 1. The van der Waals surface area contributed by atoms with Crippen LogP contribution >= 0.6 is 22.7 Å². The maximum Gasteiger partial charge on any atom is 0.251 e. The molecule has 10 heteroatoms. The van der Waals surface area contributed by atoms with Gasteiger partial charge in [-0.05, 0) is 16.8 Å². The Morgan fingerprint density at radius 2 is 2.12 bits per heavy atom. The first-order valence-corrected chi connectivity index (χ1v) is 10.4. The summed E-state index contributed by atoms with van der Waals surface area (Å²) in [6.07, 6.45) is 0.207. The van der Waals surface area contributed by atoms with Crippen LogP contribution in [0.2, 0.25) is 0 Å². The molecule has 0 aliphatic rings. The summed E-state index contributed by atoms with van der Waals surface area (Å²) in [5.74, 6) is -0.328. The van der Waals surface area contributed by atoms with Gasteiger partial charge >= 0.3 is 0 Å². The first kappa shape index (κ1) is 18.0. The number of thiazole rings is 1. The Morgan fingerprint density at radius 1 is 1.36 bits per heavy atom. The number of hydrogen-bond acceptors (Lipinski definition) is 7. The van der Waals surface area contributed by atoms with Crippen LogP contribution in [0.3, 0.4) is 0 Å². The van der Waals surface area contributed by atoms with Crippen molar-refractivity contribution < 1.29 is 18.3 Å². The maximum absolute atomic E-state index is 12.3. The molecule has 3 aromatic rings. The van der Waals surface area contributed by atoms with Crippen LogP contribution in [0.25, 0.3) is 10.1 Å². The number of aliphatic hydroxyl groups excluding tert-OH is 1. The molecule has 1 aromatic carbocycles. The predicted molar refractivity (Wildman–Crippen MR) is 98.4 cm³/mol. The first-order valence-electron chi connectivity index (χ1n) is 7.24. The third-order valence-corrected chi connectivity index (χ3v) is 7.15. The van der Waals surface area contributed by atoms with Gasteiger partial charge in [0.15, 0.2) is 9.34 Å². The molecule has 132 valence electrons. The van der Waals surface area contributed by atoms with E-state index in [-0.39, 0.29) is 21.8 Å². The highest BCUT2D eigenvalue weighted by molar-refractivity contribution is 7.91. The lowest BCUT2D eigenvalue weighted by Gasteiger charge is -2.11. The third kappa shape index (κ3) is 4.05. The van der Waals surface area contributed by atoms with Crippen LogP contribution in [-0.4, -0.2) is 31.0 Å². The van der Waals surface area contributed by atoms with Gasteiger partial charge in [-0.1, -0.05) is 29.5 Å². The van der Waals surface area contributed by atoms with E-state index in [0.29, 0.717) is 5.56 Å². The fraction of sp³-hybridized carbons (Fsp3) is 0.200. The fourth-order valence-corrected chi connectivity index (χ4v) is 5.39. The first-order chi connectivity index (χ1) is 11.9. The van der Waals surface area contributed by atoms with E-state index >= 15 is 0 Å². The second-order valence-electron chi connectivity index (χ2n) is 5.22. The lowest BCUT2D eigenvalue weighted by atomic mass is 10.1.